The summed E-state index contributed by atoms with van der Waals surface area (Å²) in [6.07, 6.45) is 2.82. The zero-order valence-corrected chi connectivity index (χ0v) is 11.0. The van der Waals surface area contributed by atoms with Crippen LogP contribution in [0.25, 0.3) is 11.4 Å². The van der Waals surface area contributed by atoms with Gasteiger partial charge in [0.05, 0.1) is 11.4 Å². The minimum absolute atomic E-state index is 0.511. The van der Waals surface area contributed by atoms with Crippen LogP contribution in [0.3, 0.4) is 0 Å². The average molecular weight is 251 g/mol. The summed E-state index contributed by atoms with van der Waals surface area (Å²) in [6.45, 7) is 6.77. The summed E-state index contributed by atoms with van der Waals surface area (Å²) in [5, 5.41) is 4.81. The lowest BCUT2D eigenvalue weighted by Gasteiger charge is -2.09. The van der Waals surface area contributed by atoms with Gasteiger partial charge in [-0.3, -0.25) is 4.68 Å². The molecule has 2 rings (SSSR count). The Morgan fingerprint density at radius 3 is 2.76 bits per heavy atom. The molecule has 0 saturated carbocycles. The Balaban J connectivity index is 2.56. The number of rotatable bonds is 3. The van der Waals surface area contributed by atoms with Gasteiger partial charge >= 0.3 is 0 Å². The predicted molar refractivity (Wildman–Crippen MR) is 68.0 cm³/mol. The quantitative estimate of drug-likeness (QED) is 0.787. The van der Waals surface area contributed by atoms with E-state index in [0.29, 0.717) is 11.0 Å². The molecule has 0 aliphatic carbocycles. The Morgan fingerprint density at radius 2 is 2.06 bits per heavy atom. The molecule has 2 aromatic heterocycles. The molecule has 0 N–H and O–H groups in total. The van der Waals surface area contributed by atoms with Crippen LogP contribution in [0.2, 0.25) is 5.15 Å². The van der Waals surface area contributed by atoms with E-state index in [1.54, 1.807) is 6.20 Å². The Labute approximate surface area is 106 Å². The smallest absolute Gasteiger partial charge is 0.136 e. The molecular weight excluding hydrogens is 236 g/mol. The Bertz CT molecular complexity index is 533. The van der Waals surface area contributed by atoms with Crippen molar-refractivity contribution in [2.75, 3.05) is 0 Å². The second kappa shape index (κ2) is 4.84. The van der Waals surface area contributed by atoms with Gasteiger partial charge in [0, 0.05) is 18.3 Å². The minimum atomic E-state index is 0.511. The van der Waals surface area contributed by atoms with Crippen LogP contribution in [-0.2, 0) is 6.54 Å². The monoisotopic (exact) mass is 250 g/mol. The molecule has 90 valence electrons. The van der Waals surface area contributed by atoms with Crippen molar-refractivity contribution in [2.24, 2.45) is 0 Å². The normalized spacial score (nSPS) is 10.8. The highest BCUT2D eigenvalue weighted by atomic mass is 35.5. The zero-order valence-electron chi connectivity index (χ0n) is 10.2. The Hall–Kier alpha value is -1.42. The molecule has 0 spiro atoms. The molecule has 5 heteroatoms. The molecule has 0 aliphatic heterocycles. The standard InChI is InChI=1S/C12H15ClN4/c1-4-7-17-10(5-6-14-17)11-8(2)12(13)16-9(3)15-11/h5-6H,4,7H2,1-3H3. The predicted octanol–water partition coefficient (Wildman–Crippen LogP) is 3.02. The van der Waals surface area contributed by atoms with Gasteiger partial charge in [0.15, 0.2) is 0 Å². The van der Waals surface area contributed by atoms with Crippen LogP contribution in [0.4, 0.5) is 0 Å². The summed E-state index contributed by atoms with van der Waals surface area (Å²) in [6, 6.07) is 1.96. The van der Waals surface area contributed by atoms with E-state index < -0.39 is 0 Å². The van der Waals surface area contributed by atoms with Gasteiger partial charge in [-0.05, 0) is 26.3 Å². The first-order valence-electron chi connectivity index (χ1n) is 5.66. The summed E-state index contributed by atoms with van der Waals surface area (Å²) >= 11 is 6.08. The fraction of sp³-hybridized carbons (Fsp3) is 0.417. The lowest BCUT2D eigenvalue weighted by Crippen LogP contribution is -2.05. The lowest BCUT2D eigenvalue weighted by atomic mass is 10.2. The van der Waals surface area contributed by atoms with Gasteiger partial charge in [-0.2, -0.15) is 5.10 Å². The van der Waals surface area contributed by atoms with Crippen molar-refractivity contribution >= 4 is 11.6 Å². The van der Waals surface area contributed by atoms with Gasteiger partial charge < -0.3 is 0 Å². The van der Waals surface area contributed by atoms with Crippen molar-refractivity contribution in [1.82, 2.24) is 19.7 Å². The molecule has 0 radical (unpaired) electrons. The number of halogens is 1. The van der Waals surface area contributed by atoms with Gasteiger partial charge in [-0.15, -0.1) is 0 Å². The average Bonchev–Trinajstić information content (AvgIpc) is 2.72. The molecule has 0 saturated heterocycles. The van der Waals surface area contributed by atoms with E-state index in [9.17, 15) is 0 Å². The fourth-order valence-corrected chi connectivity index (χ4v) is 1.98. The van der Waals surface area contributed by atoms with E-state index in [4.69, 9.17) is 11.6 Å². The maximum absolute atomic E-state index is 6.08. The molecule has 4 nitrogen and oxygen atoms in total. The number of aryl methyl sites for hydroxylation is 2. The third-order valence-corrected chi connectivity index (χ3v) is 2.96. The molecule has 0 fully saturated rings. The largest absolute Gasteiger partial charge is 0.263 e. The second-order valence-electron chi connectivity index (χ2n) is 3.97. The minimum Gasteiger partial charge on any atom is -0.263 e. The van der Waals surface area contributed by atoms with E-state index in [2.05, 4.69) is 22.0 Å². The van der Waals surface area contributed by atoms with E-state index >= 15 is 0 Å². The van der Waals surface area contributed by atoms with E-state index in [0.717, 1.165) is 29.9 Å². The van der Waals surface area contributed by atoms with Crippen LogP contribution in [0, 0.1) is 13.8 Å². The van der Waals surface area contributed by atoms with Crippen LogP contribution in [-0.4, -0.2) is 19.7 Å². The zero-order chi connectivity index (χ0) is 12.4. The van der Waals surface area contributed by atoms with Crippen molar-refractivity contribution in [3.05, 3.63) is 28.8 Å². The topological polar surface area (TPSA) is 43.6 Å². The van der Waals surface area contributed by atoms with E-state index in [1.165, 1.54) is 0 Å². The maximum Gasteiger partial charge on any atom is 0.136 e. The van der Waals surface area contributed by atoms with Crippen LogP contribution in [0.15, 0.2) is 12.3 Å². The first-order chi connectivity index (χ1) is 8.13. The first kappa shape index (κ1) is 12.0. The van der Waals surface area contributed by atoms with Gasteiger partial charge in [0.1, 0.15) is 11.0 Å². The molecular formula is C12H15ClN4. The van der Waals surface area contributed by atoms with Crippen molar-refractivity contribution in [1.29, 1.82) is 0 Å². The molecule has 0 aromatic carbocycles. The molecule has 17 heavy (non-hydrogen) atoms. The number of hydrogen-bond donors (Lipinski definition) is 0. The van der Waals surface area contributed by atoms with Crippen molar-refractivity contribution in [3.8, 4) is 11.4 Å². The fourth-order valence-electron chi connectivity index (χ4n) is 1.77. The molecule has 0 atom stereocenters. The molecule has 0 unspecified atom stereocenters. The number of hydrogen-bond acceptors (Lipinski definition) is 3. The van der Waals surface area contributed by atoms with Crippen LogP contribution < -0.4 is 0 Å². The summed E-state index contributed by atoms with van der Waals surface area (Å²) in [4.78, 5) is 8.61. The SMILES string of the molecule is CCCn1nccc1-c1nc(C)nc(Cl)c1C. The molecule has 2 heterocycles. The van der Waals surface area contributed by atoms with Gasteiger partial charge in [0.2, 0.25) is 0 Å². The Kier molecular flexibility index (Phi) is 3.43. The molecule has 0 amide bonds. The third kappa shape index (κ3) is 2.31. The lowest BCUT2D eigenvalue weighted by molar-refractivity contribution is 0.607. The van der Waals surface area contributed by atoms with Crippen LogP contribution >= 0.6 is 11.6 Å². The van der Waals surface area contributed by atoms with Crippen LogP contribution in [0.5, 0.6) is 0 Å². The summed E-state index contributed by atoms with van der Waals surface area (Å²) in [5.41, 5.74) is 2.76. The van der Waals surface area contributed by atoms with Crippen molar-refractivity contribution in [2.45, 2.75) is 33.7 Å². The number of nitrogens with zero attached hydrogens (tertiary/aromatic N) is 4. The van der Waals surface area contributed by atoms with Gasteiger partial charge in [0.25, 0.3) is 0 Å². The first-order valence-corrected chi connectivity index (χ1v) is 6.04. The van der Waals surface area contributed by atoms with Gasteiger partial charge in [-0.25, -0.2) is 9.97 Å². The third-order valence-electron chi connectivity index (χ3n) is 2.59. The van der Waals surface area contributed by atoms with E-state index in [1.807, 2.05) is 24.6 Å². The summed E-state index contributed by atoms with van der Waals surface area (Å²) < 4.78 is 1.95. The molecule has 0 bridgehead atoms. The van der Waals surface area contributed by atoms with Crippen LogP contribution in [0.1, 0.15) is 24.7 Å². The second-order valence-corrected chi connectivity index (χ2v) is 4.33. The van der Waals surface area contributed by atoms with Crippen molar-refractivity contribution in [3.63, 3.8) is 0 Å². The highest BCUT2D eigenvalue weighted by Crippen LogP contribution is 2.25. The van der Waals surface area contributed by atoms with E-state index in [-0.39, 0.29) is 0 Å². The molecule has 0 aliphatic rings. The highest BCUT2D eigenvalue weighted by Gasteiger charge is 2.13. The summed E-state index contributed by atoms with van der Waals surface area (Å²) in [5.74, 6) is 0.680. The van der Waals surface area contributed by atoms with Gasteiger partial charge in [-0.1, -0.05) is 18.5 Å². The highest BCUT2D eigenvalue weighted by molar-refractivity contribution is 6.30. The molecule has 2 aromatic rings. The Morgan fingerprint density at radius 1 is 1.29 bits per heavy atom. The number of aromatic nitrogens is 4. The van der Waals surface area contributed by atoms with Crippen molar-refractivity contribution < 1.29 is 0 Å². The maximum atomic E-state index is 6.08. The summed E-state index contributed by atoms with van der Waals surface area (Å²) in [7, 11) is 0.